The van der Waals surface area contributed by atoms with Crippen LogP contribution < -0.4 is 0 Å². The molecule has 0 radical (unpaired) electrons. The number of likely N-dealkylation sites (tertiary alicyclic amines) is 1. The second-order valence-corrected chi connectivity index (χ2v) is 8.55. The van der Waals surface area contributed by atoms with Crippen molar-refractivity contribution in [2.45, 2.75) is 57.0 Å². The highest BCUT2D eigenvalue weighted by Crippen LogP contribution is 2.23. The van der Waals surface area contributed by atoms with Gasteiger partial charge in [-0.2, -0.15) is 4.31 Å². The van der Waals surface area contributed by atoms with E-state index in [1.807, 2.05) is 25.7 Å². The Labute approximate surface area is 139 Å². The summed E-state index contributed by atoms with van der Waals surface area (Å²) in [5, 5.41) is 0. The van der Waals surface area contributed by atoms with Crippen LogP contribution in [0.4, 0.5) is 0 Å². The third kappa shape index (κ3) is 3.93. The highest BCUT2D eigenvalue weighted by Gasteiger charge is 2.31. The molecule has 0 aliphatic carbocycles. The molecule has 2 rings (SSSR count). The van der Waals surface area contributed by atoms with Crippen LogP contribution in [-0.4, -0.2) is 49.2 Å². The predicted octanol–water partition coefficient (Wildman–Crippen LogP) is 2.41. The van der Waals surface area contributed by atoms with Crippen molar-refractivity contribution < 1.29 is 13.2 Å². The molecule has 0 bridgehead atoms. The van der Waals surface area contributed by atoms with Gasteiger partial charge in [0.25, 0.3) is 0 Å². The molecule has 1 aromatic rings. The van der Waals surface area contributed by atoms with E-state index in [0.717, 1.165) is 29.1 Å². The lowest BCUT2D eigenvalue weighted by molar-refractivity contribution is -0.137. The SMILES string of the molecule is Cc1ccc(S(=O)(=O)N(C)CC(=O)N2[C@H](C)CCC[C@@H]2C)cc1. The highest BCUT2D eigenvalue weighted by molar-refractivity contribution is 7.89. The van der Waals surface area contributed by atoms with Crippen molar-refractivity contribution in [2.24, 2.45) is 0 Å². The molecule has 6 heteroatoms. The lowest BCUT2D eigenvalue weighted by Gasteiger charge is -2.39. The maximum Gasteiger partial charge on any atom is 0.243 e. The summed E-state index contributed by atoms with van der Waals surface area (Å²) in [6, 6.07) is 7.02. The van der Waals surface area contributed by atoms with Crippen molar-refractivity contribution in [1.29, 1.82) is 0 Å². The Bertz CT molecular complexity index is 645. The highest BCUT2D eigenvalue weighted by atomic mass is 32.2. The number of sulfonamides is 1. The zero-order valence-corrected chi connectivity index (χ0v) is 15.1. The molecule has 0 aromatic heterocycles. The van der Waals surface area contributed by atoms with Gasteiger partial charge in [-0.05, 0) is 52.2 Å². The first-order chi connectivity index (χ1) is 10.7. The molecular weight excluding hydrogens is 312 g/mol. The minimum absolute atomic E-state index is 0.120. The third-order valence-corrected chi connectivity index (χ3v) is 6.39. The van der Waals surface area contributed by atoms with Crippen LogP contribution in [0.5, 0.6) is 0 Å². The molecule has 1 fully saturated rings. The molecule has 1 heterocycles. The second-order valence-electron chi connectivity index (χ2n) is 6.50. The average molecular weight is 338 g/mol. The number of hydrogen-bond donors (Lipinski definition) is 0. The Balaban J connectivity index is 2.12. The van der Waals surface area contributed by atoms with Gasteiger partial charge in [-0.3, -0.25) is 4.79 Å². The summed E-state index contributed by atoms with van der Waals surface area (Å²) < 4.78 is 26.3. The van der Waals surface area contributed by atoms with Crippen molar-refractivity contribution in [2.75, 3.05) is 13.6 Å². The largest absolute Gasteiger partial charge is 0.336 e. The van der Waals surface area contributed by atoms with E-state index in [4.69, 9.17) is 0 Å². The van der Waals surface area contributed by atoms with E-state index in [1.54, 1.807) is 24.3 Å². The Morgan fingerprint density at radius 2 is 1.70 bits per heavy atom. The zero-order valence-electron chi connectivity index (χ0n) is 14.3. The van der Waals surface area contributed by atoms with Crippen LogP contribution in [0.2, 0.25) is 0 Å². The quantitative estimate of drug-likeness (QED) is 0.847. The van der Waals surface area contributed by atoms with E-state index in [1.165, 1.54) is 7.05 Å². The maximum absolute atomic E-state index is 12.6. The minimum atomic E-state index is -3.64. The van der Waals surface area contributed by atoms with Crippen LogP contribution >= 0.6 is 0 Å². The number of nitrogens with zero attached hydrogens (tertiary/aromatic N) is 2. The van der Waals surface area contributed by atoms with Gasteiger partial charge < -0.3 is 4.90 Å². The lowest BCUT2D eigenvalue weighted by atomic mass is 9.97. The number of likely N-dealkylation sites (N-methyl/N-ethyl adjacent to an activating group) is 1. The van der Waals surface area contributed by atoms with Crippen LogP contribution in [0, 0.1) is 6.92 Å². The number of hydrogen-bond acceptors (Lipinski definition) is 3. The number of carbonyl (C=O) groups is 1. The molecule has 5 nitrogen and oxygen atoms in total. The molecule has 0 unspecified atom stereocenters. The first-order valence-corrected chi connectivity index (χ1v) is 9.51. The molecule has 23 heavy (non-hydrogen) atoms. The number of benzene rings is 1. The van der Waals surface area contributed by atoms with Crippen LogP contribution in [0.1, 0.15) is 38.7 Å². The van der Waals surface area contributed by atoms with Gasteiger partial charge >= 0.3 is 0 Å². The van der Waals surface area contributed by atoms with Gasteiger partial charge in [0.05, 0.1) is 11.4 Å². The minimum Gasteiger partial charge on any atom is -0.336 e. The summed E-state index contributed by atoms with van der Waals surface area (Å²) >= 11 is 0. The van der Waals surface area contributed by atoms with Crippen molar-refractivity contribution in [3.63, 3.8) is 0 Å². The maximum atomic E-state index is 12.6. The van der Waals surface area contributed by atoms with Gasteiger partial charge in [-0.1, -0.05) is 17.7 Å². The van der Waals surface area contributed by atoms with Crippen molar-refractivity contribution in [3.8, 4) is 0 Å². The monoisotopic (exact) mass is 338 g/mol. The van der Waals surface area contributed by atoms with E-state index >= 15 is 0 Å². The Kier molecular flexibility index (Phi) is 5.47. The first-order valence-electron chi connectivity index (χ1n) is 8.07. The van der Waals surface area contributed by atoms with E-state index in [9.17, 15) is 13.2 Å². The zero-order chi connectivity index (χ0) is 17.2. The molecule has 1 aliphatic rings. The number of rotatable bonds is 4. The van der Waals surface area contributed by atoms with Crippen LogP contribution in [0.25, 0.3) is 0 Å². The molecule has 1 amide bonds. The normalized spacial score (nSPS) is 22.4. The van der Waals surface area contributed by atoms with E-state index in [-0.39, 0.29) is 29.4 Å². The van der Waals surface area contributed by atoms with Crippen LogP contribution in [0.3, 0.4) is 0 Å². The summed E-state index contributed by atoms with van der Waals surface area (Å²) in [6.45, 7) is 5.84. The van der Waals surface area contributed by atoms with Gasteiger partial charge in [0.2, 0.25) is 15.9 Å². The second kappa shape index (κ2) is 7.01. The first kappa shape index (κ1) is 17.9. The molecule has 0 spiro atoms. The van der Waals surface area contributed by atoms with Crippen molar-refractivity contribution >= 4 is 15.9 Å². The summed E-state index contributed by atoms with van der Waals surface area (Å²) in [6.07, 6.45) is 3.07. The smallest absolute Gasteiger partial charge is 0.243 e. The van der Waals surface area contributed by atoms with Crippen molar-refractivity contribution in [1.82, 2.24) is 9.21 Å². The molecule has 128 valence electrons. The molecule has 1 saturated heterocycles. The Hall–Kier alpha value is -1.40. The fourth-order valence-electron chi connectivity index (χ4n) is 3.16. The lowest BCUT2D eigenvalue weighted by Crippen LogP contribution is -2.51. The molecule has 1 aromatic carbocycles. The fraction of sp³-hybridized carbons (Fsp3) is 0.588. The van der Waals surface area contributed by atoms with Crippen LogP contribution in [0.15, 0.2) is 29.2 Å². The summed E-state index contributed by atoms with van der Waals surface area (Å²) in [5.41, 5.74) is 0.999. The van der Waals surface area contributed by atoms with Gasteiger partial charge in [-0.15, -0.1) is 0 Å². The Morgan fingerprint density at radius 3 is 2.22 bits per heavy atom. The molecule has 0 N–H and O–H groups in total. The number of carbonyl (C=O) groups excluding carboxylic acids is 1. The molecule has 0 saturated carbocycles. The van der Waals surface area contributed by atoms with Gasteiger partial charge in [0, 0.05) is 19.1 Å². The molecule has 2 atom stereocenters. The number of aryl methyl sites for hydroxylation is 1. The summed E-state index contributed by atoms with van der Waals surface area (Å²) in [7, 11) is -2.17. The third-order valence-electron chi connectivity index (χ3n) is 4.57. The fourth-order valence-corrected chi connectivity index (χ4v) is 4.28. The topological polar surface area (TPSA) is 57.7 Å². The van der Waals surface area contributed by atoms with E-state index in [0.29, 0.717) is 0 Å². The number of piperidine rings is 1. The summed E-state index contributed by atoms with van der Waals surface area (Å²) in [5.74, 6) is -0.122. The predicted molar refractivity (Wildman–Crippen MR) is 90.6 cm³/mol. The summed E-state index contributed by atoms with van der Waals surface area (Å²) in [4.78, 5) is 14.6. The molecule has 1 aliphatic heterocycles. The van der Waals surface area contributed by atoms with Gasteiger partial charge in [0.15, 0.2) is 0 Å². The van der Waals surface area contributed by atoms with Gasteiger partial charge in [0.1, 0.15) is 0 Å². The molecular formula is C17H26N2O3S. The standard InChI is InChI=1S/C17H26N2O3S/c1-13-8-10-16(11-9-13)23(21,22)18(4)12-17(20)19-14(2)6-5-7-15(19)3/h8-11,14-15H,5-7,12H2,1-4H3/t14-,15+. The van der Waals surface area contributed by atoms with Crippen molar-refractivity contribution in [3.05, 3.63) is 29.8 Å². The van der Waals surface area contributed by atoms with E-state index < -0.39 is 10.0 Å². The Morgan fingerprint density at radius 1 is 1.17 bits per heavy atom. The van der Waals surface area contributed by atoms with Crippen LogP contribution in [-0.2, 0) is 14.8 Å². The van der Waals surface area contributed by atoms with Gasteiger partial charge in [-0.25, -0.2) is 8.42 Å². The average Bonchev–Trinajstić information content (AvgIpc) is 2.47. The number of amides is 1. The van der Waals surface area contributed by atoms with E-state index in [2.05, 4.69) is 0 Å².